The van der Waals surface area contributed by atoms with E-state index in [1.807, 2.05) is 13.0 Å². The molecule has 0 aromatic carbocycles. The first-order valence-electron chi connectivity index (χ1n) is 10.8. The molecule has 3 fully saturated rings. The standard InChI is InChI=1S/C23H32O6/c1-12(24)28-15-5-7-22(3)14(9-15)10-18(26)20-16(22)6-8-23(4)17(20)11-19(21(23)27)29-13(2)25/h10,15-20,26H,5-9,11H2,1-4H3. The van der Waals surface area contributed by atoms with Crippen LogP contribution in [0.5, 0.6) is 0 Å². The Morgan fingerprint density at radius 1 is 1.03 bits per heavy atom. The molecule has 0 bridgehead atoms. The zero-order chi connectivity index (χ0) is 21.1. The summed E-state index contributed by atoms with van der Waals surface area (Å²) in [7, 11) is 0. The fraction of sp³-hybridized carbons (Fsp3) is 0.783. The van der Waals surface area contributed by atoms with Crippen LogP contribution >= 0.6 is 0 Å². The molecule has 0 aromatic rings. The lowest BCUT2D eigenvalue weighted by molar-refractivity contribution is -0.154. The first-order valence-corrected chi connectivity index (χ1v) is 10.8. The highest BCUT2D eigenvalue weighted by atomic mass is 16.5. The number of hydrogen-bond donors (Lipinski definition) is 1. The number of carbonyl (C=O) groups is 3. The van der Waals surface area contributed by atoms with E-state index in [0.717, 1.165) is 25.7 Å². The quantitative estimate of drug-likeness (QED) is 0.562. The van der Waals surface area contributed by atoms with Crippen LogP contribution < -0.4 is 0 Å². The molecule has 0 amide bonds. The summed E-state index contributed by atoms with van der Waals surface area (Å²) in [6, 6.07) is 0. The minimum absolute atomic E-state index is 0.00826. The molecule has 160 valence electrons. The molecule has 29 heavy (non-hydrogen) atoms. The highest BCUT2D eigenvalue weighted by Gasteiger charge is 2.63. The Hall–Kier alpha value is -1.69. The molecule has 1 N–H and O–H groups in total. The lowest BCUT2D eigenvalue weighted by Gasteiger charge is -2.57. The van der Waals surface area contributed by atoms with Gasteiger partial charge in [-0.25, -0.2) is 0 Å². The average Bonchev–Trinajstić information content (AvgIpc) is 2.87. The number of ketones is 1. The van der Waals surface area contributed by atoms with Crippen LogP contribution in [-0.4, -0.2) is 41.1 Å². The summed E-state index contributed by atoms with van der Waals surface area (Å²) in [4.78, 5) is 35.9. The van der Waals surface area contributed by atoms with E-state index in [0.29, 0.717) is 12.8 Å². The van der Waals surface area contributed by atoms with Crippen LogP contribution in [0.25, 0.3) is 0 Å². The van der Waals surface area contributed by atoms with Crippen LogP contribution in [0.15, 0.2) is 11.6 Å². The highest BCUT2D eigenvalue weighted by Crippen LogP contribution is 2.64. The molecular weight excluding hydrogens is 372 g/mol. The average molecular weight is 405 g/mol. The second-order valence-corrected chi connectivity index (χ2v) is 10.0. The van der Waals surface area contributed by atoms with Gasteiger partial charge in [-0.3, -0.25) is 14.4 Å². The van der Waals surface area contributed by atoms with Crippen LogP contribution in [0.3, 0.4) is 0 Å². The fourth-order valence-corrected chi connectivity index (χ4v) is 7.02. The van der Waals surface area contributed by atoms with E-state index in [1.165, 1.54) is 19.4 Å². The minimum Gasteiger partial charge on any atom is -0.462 e. The number of esters is 2. The van der Waals surface area contributed by atoms with Gasteiger partial charge >= 0.3 is 11.9 Å². The van der Waals surface area contributed by atoms with Gasteiger partial charge in [-0.15, -0.1) is 0 Å². The van der Waals surface area contributed by atoms with E-state index in [2.05, 4.69) is 6.92 Å². The van der Waals surface area contributed by atoms with Crippen LogP contribution in [0, 0.1) is 28.6 Å². The van der Waals surface area contributed by atoms with Gasteiger partial charge in [-0.05, 0) is 55.3 Å². The van der Waals surface area contributed by atoms with Gasteiger partial charge in [0.1, 0.15) is 6.10 Å². The molecule has 0 saturated heterocycles. The Labute approximate surface area is 172 Å². The highest BCUT2D eigenvalue weighted by molar-refractivity contribution is 5.92. The van der Waals surface area contributed by atoms with Crippen molar-refractivity contribution < 1.29 is 29.0 Å². The Morgan fingerprint density at radius 2 is 1.69 bits per heavy atom. The maximum Gasteiger partial charge on any atom is 0.303 e. The van der Waals surface area contributed by atoms with Crippen LogP contribution in [-0.2, 0) is 23.9 Å². The van der Waals surface area contributed by atoms with Crippen molar-refractivity contribution in [1.29, 1.82) is 0 Å². The van der Waals surface area contributed by atoms with E-state index >= 15 is 0 Å². The van der Waals surface area contributed by atoms with Gasteiger partial charge in [0.25, 0.3) is 0 Å². The predicted molar refractivity (Wildman–Crippen MR) is 105 cm³/mol. The molecule has 4 rings (SSSR count). The Morgan fingerprint density at radius 3 is 2.34 bits per heavy atom. The van der Waals surface area contributed by atoms with Crippen LogP contribution in [0.2, 0.25) is 0 Å². The number of carbonyl (C=O) groups excluding carboxylic acids is 3. The normalized spacial score (nSPS) is 46.1. The van der Waals surface area contributed by atoms with Gasteiger partial charge in [0, 0.05) is 25.7 Å². The lowest BCUT2D eigenvalue weighted by Crippen LogP contribution is -2.54. The molecule has 4 aliphatic carbocycles. The summed E-state index contributed by atoms with van der Waals surface area (Å²) in [5.74, 6) is -0.405. The summed E-state index contributed by atoms with van der Waals surface area (Å²) < 4.78 is 10.8. The van der Waals surface area contributed by atoms with Crippen molar-refractivity contribution in [3.05, 3.63) is 11.6 Å². The third-order valence-corrected chi connectivity index (χ3v) is 8.44. The van der Waals surface area contributed by atoms with Crippen molar-refractivity contribution in [1.82, 2.24) is 0 Å². The molecule has 0 heterocycles. The van der Waals surface area contributed by atoms with Crippen molar-refractivity contribution in [2.24, 2.45) is 28.6 Å². The maximum atomic E-state index is 13.1. The molecular formula is C23H32O6. The summed E-state index contributed by atoms with van der Waals surface area (Å²) in [6.07, 6.45) is 5.07. The topological polar surface area (TPSA) is 89.9 Å². The summed E-state index contributed by atoms with van der Waals surface area (Å²) in [6.45, 7) is 7.04. The van der Waals surface area contributed by atoms with Crippen molar-refractivity contribution in [2.45, 2.75) is 84.5 Å². The Bertz CT molecular complexity index is 771. The number of hydrogen-bond acceptors (Lipinski definition) is 6. The summed E-state index contributed by atoms with van der Waals surface area (Å²) in [5.41, 5.74) is 0.594. The lowest BCUT2D eigenvalue weighted by atomic mass is 9.47. The molecule has 6 heteroatoms. The predicted octanol–water partition coefficient (Wildman–Crippen LogP) is 2.96. The SMILES string of the molecule is CC(=O)OC1CCC2(C)C(=CC(O)C3C4CC(OC(C)=O)C(=O)C4(C)CCC32)C1. The van der Waals surface area contributed by atoms with Gasteiger partial charge in [-0.2, -0.15) is 0 Å². The zero-order valence-electron chi connectivity index (χ0n) is 17.8. The number of aliphatic hydroxyl groups is 1. The first kappa shape index (κ1) is 20.6. The van der Waals surface area contributed by atoms with Crippen LogP contribution in [0.4, 0.5) is 0 Å². The number of fused-ring (bicyclic) bond motifs is 5. The molecule has 0 spiro atoms. The molecule has 8 unspecified atom stereocenters. The molecule has 0 aromatic heterocycles. The van der Waals surface area contributed by atoms with E-state index in [4.69, 9.17) is 9.47 Å². The fourth-order valence-electron chi connectivity index (χ4n) is 7.02. The van der Waals surface area contributed by atoms with Crippen LogP contribution in [0.1, 0.15) is 66.2 Å². The van der Waals surface area contributed by atoms with E-state index in [-0.39, 0.29) is 41.0 Å². The van der Waals surface area contributed by atoms with E-state index < -0.39 is 23.6 Å². The van der Waals surface area contributed by atoms with Gasteiger partial charge < -0.3 is 14.6 Å². The maximum absolute atomic E-state index is 13.1. The van der Waals surface area contributed by atoms with Crippen molar-refractivity contribution in [3.8, 4) is 0 Å². The van der Waals surface area contributed by atoms with Crippen molar-refractivity contribution >= 4 is 17.7 Å². The van der Waals surface area contributed by atoms with Crippen molar-refractivity contribution in [2.75, 3.05) is 0 Å². The first-order chi connectivity index (χ1) is 13.6. The molecule has 6 nitrogen and oxygen atoms in total. The Balaban J connectivity index is 1.64. The second-order valence-electron chi connectivity index (χ2n) is 10.0. The van der Waals surface area contributed by atoms with Crippen molar-refractivity contribution in [3.63, 3.8) is 0 Å². The number of rotatable bonds is 2. The smallest absolute Gasteiger partial charge is 0.303 e. The number of aliphatic hydroxyl groups excluding tert-OH is 1. The summed E-state index contributed by atoms with van der Waals surface area (Å²) in [5, 5.41) is 11.1. The molecule has 3 saturated carbocycles. The minimum atomic E-state index is -0.689. The summed E-state index contributed by atoms with van der Waals surface area (Å²) >= 11 is 0. The monoisotopic (exact) mass is 404 g/mol. The molecule has 8 atom stereocenters. The zero-order valence-corrected chi connectivity index (χ0v) is 17.8. The van der Waals surface area contributed by atoms with Gasteiger partial charge in [0.05, 0.1) is 6.10 Å². The third kappa shape index (κ3) is 3.15. The molecule has 0 radical (unpaired) electrons. The Kier molecular flexibility index (Phi) is 4.92. The van der Waals surface area contributed by atoms with Gasteiger partial charge in [0.2, 0.25) is 0 Å². The number of Topliss-reactive ketones (excluding diaryl/α,β-unsaturated/α-hetero) is 1. The van der Waals surface area contributed by atoms with Gasteiger partial charge in [0.15, 0.2) is 11.9 Å². The third-order valence-electron chi connectivity index (χ3n) is 8.44. The number of ether oxygens (including phenoxy) is 2. The molecule has 0 aliphatic heterocycles. The second kappa shape index (κ2) is 6.93. The molecule has 4 aliphatic rings. The van der Waals surface area contributed by atoms with Gasteiger partial charge in [-0.1, -0.05) is 25.5 Å². The largest absolute Gasteiger partial charge is 0.462 e. The van der Waals surface area contributed by atoms with E-state index in [1.54, 1.807) is 0 Å². The van der Waals surface area contributed by atoms with E-state index in [9.17, 15) is 19.5 Å².